The lowest BCUT2D eigenvalue weighted by molar-refractivity contribution is -0.116. The number of rotatable bonds is 2. The summed E-state index contributed by atoms with van der Waals surface area (Å²) in [5.41, 5.74) is 1.22. The summed E-state index contributed by atoms with van der Waals surface area (Å²) < 4.78 is 0. The number of fused-ring (bicyclic) bond motifs is 1. The molecule has 4 heteroatoms. The highest BCUT2D eigenvalue weighted by atomic mass is 35.5. The number of nitrogens with one attached hydrogen (secondary N) is 1. The molecular weight excluding hydrogens is 226 g/mol. The second-order valence-electron chi connectivity index (χ2n) is 3.73. The topological polar surface area (TPSA) is 49.9 Å². The number of H-pyrrole nitrogens is 1. The van der Waals surface area contributed by atoms with E-state index < -0.39 is 0 Å². The van der Waals surface area contributed by atoms with E-state index in [9.17, 15) is 9.59 Å². The number of carbonyl (C=O) groups is 1. The number of Topliss-reactive ketones (excluding diaryl/α,β-unsaturated/α-hetero) is 1. The number of hydrogen-bond acceptors (Lipinski definition) is 2. The van der Waals surface area contributed by atoms with Crippen molar-refractivity contribution in [3.05, 3.63) is 45.2 Å². The summed E-state index contributed by atoms with van der Waals surface area (Å²) >= 11 is 5.81. The number of hydrogen-bond donors (Lipinski definition) is 1. The SMILES string of the molecule is CC(=O)Cc1cc(=O)c2cc(Cl)ccc2[nH]1. The maximum Gasteiger partial charge on any atom is 0.189 e. The third-order valence-corrected chi connectivity index (χ3v) is 2.52. The third kappa shape index (κ3) is 2.14. The molecule has 0 radical (unpaired) electrons. The number of halogens is 1. The number of aromatic nitrogens is 1. The molecule has 16 heavy (non-hydrogen) atoms. The van der Waals surface area contributed by atoms with Gasteiger partial charge in [-0.2, -0.15) is 0 Å². The zero-order valence-electron chi connectivity index (χ0n) is 8.71. The Hall–Kier alpha value is -1.61. The van der Waals surface area contributed by atoms with E-state index >= 15 is 0 Å². The van der Waals surface area contributed by atoms with Gasteiger partial charge in [-0.05, 0) is 25.1 Å². The van der Waals surface area contributed by atoms with Crippen LogP contribution in [0.3, 0.4) is 0 Å². The highest BCUT2D eigenvalue weighted by molar-refractivity contribution is 6.31. The van der Waals surface area contributed by atoms with Gasteiger partial charge in [-0.3, -0.25) is 9.59 Å². The van der Waals surface area contributed by atoms with Crippen LogP contribution < -0.4 is 5.43 Å². The van der Waals surface area contributed by atoms with Crippen molar-refractivity contribution in [1.29, 1.82) is 0 Å². The molecule has 0 bridgehead atoms. The normalized spacial score (nSPS) is 10.6. The molecule has 1 N–H and O–H groups in total. The van der Waals surface area contributed by atoms with E-state index in [1.165, 1.54) is 13.0 Å². The highest BCUT2D eigenvalue weighted by Gasteiger charge is 2.04. The lowest BCUT2D eigenvalue weighted by atomic mass is 10.1. The summed E-state index contributed by atoms with van der Waals surface area (Å²) in [6, 6.07) is 6.51. The molecule has 0 unspecified atom stereocenters. The minimum Gasteiger partial charge on any atom is -0.358 e. The molecular formula is C12H10ClNO2. The fraction of sp³-hybridized carbons (Fsp3) is 0.167. The van der Waals surface area contributed by atoms with Gasteiger partial charge in [0.2, 0.25) is 0 Å². The number of carbonyl (C=O) groups excluding carboxylic acids is 1. The van der Waals surface area contributed by atoms with Crippen molar-refractivity contribution >= 4 is 28.3 Å². The molecule has 2 rings (SSSR count). The fourth-order valence-corrected chi connectivity index (χ4v) is 1.81. The number of benzene rings is 1. The first kappa shape index (κ1) is 10.9. The molecule has 1 aromatic heterocycles. The predicted octanol–water partition coefficient (Wildman–Crippen LogP) is 2.31. The summed E-state index contributed by atoms with van der Waals surface area (Å²) in [4.78, 5) is 25.8. The van der Waals surface area contributed by atoms with Crippen molar-refractivity contribution < 1.29 is 4.79 Å². The van der Waals surface area contributed by atoms with E-state index in [-0.39, 0.29) is 17.6 Å². The Morgan fingerprint density at radius 3 is 2.81 bits per heavy atom. The van der Waals surface area contributed by atoms with Crippen molar-refractivity contribution in [2.24, 2.45) is 0 Å². The zero-order chi connectivity index (χ0) is 11.7. The summed E-state index contributed by atoms with van der Waals surface area (Å²) in [5.74, 6) is 0.0176. The van der Waals surface area contributed by atoms with E-state index in [0.717, 1.165) is 0 Å². The number of ketones is 1. The Balaban J connectivity index is 2.64. The van der Waals surface area contributed by atoms with E-state index in [0.29, 0.717) is 21.6 Å². The second-order valence-corrected chi connectivity index (χ2v) is 4.16. The van der Waals surface area contributed by atoms with Crippen LogP contribution in [0.4, 0.5) is 0 Å². The van der Waals surface area contributed by atoms with Gasteiger partial charge in [-0.25, -0.2) is 0 Å². The third-order valence-electron chi connectivity index (χ3n) is 2.29. The van der Waals surface area contributed by atoms with Crippen LogP contribution in [0.1, 0.15) is 12.6 Å². The van der Waals surface area contributed by atoms with Gasteiger partial charge in [-0.1, -0.05) is 11.6 Å². The molecule has 0 atom stereocenters. The Morgan fingerprint density at radius 2 is 2.12 bits per heavy atom. The Kier molecular flexibility index (Phi) is 2.79. The van der Waals surface area contributed by atoms with Crippen LogP contribution in [0.5, 0.6) is 0 Å². The monoisotopic (exact) mass is 235 g/mol. The second kappa shape index (κ2) is 4.10. The van der Waals surface area contributed by atoms with Crippen LogP contribution in [0.15, 0.2) is 29.1 Å². The minimum atomic E-state index is -0.118. The lowest BCUT2D eigenvalue weighted by Gasteiger charge is -2.02. The van der Waals surface area contributed by atoms with Crippen LogP contribution in [-0.4, -0.2) is 10.8 Å². The van der Waals surface area contributed by atoms with Gasteiger partial charge in [0, 0.05) is 34.1 Å². The van der Waals surface area contributed by atoms with Gasteiger partial charge in [0.1, 0.15) is 5.78 Å². The van der Waals surface area contributed by atoms with E-state index in [4.69, 9.17) is 11.6 Å². The van der Waals surface area contributed by atoms with Gasteiger partial charge in [0.15, 0.2) is 5.43 Å². The van der Waals surface area contributed by atoms with Crippen molar-refractivity contribution in [2.45, 2.75) is 13.3 Å². The van der Waals surface area contributed by atoms with Crippen molar-refractivity contribution in [3.63, 3.8) is 0 Å². The first-order valence-corrected chi connectivity index (χ1v) is 5.25. The molecule has 1 heterocycles. The quantitative estimate of drug-likeness (QED) is 0.869. The van der Waals surface area contributed by atoms with E-state index in [1.54, 1.807) is 18.2 Å². The molecule has 1 aromatic carbocycles. The van der Waals surface area contributed by atoms with Gasteiger partial charge in [0.05, 0.1) is 0 Å². The molecule has 0 aliphatic rings. The summed E-state index contributed by atoms with van der Waals surface area (Å²) in [6.45, 7) is 1.49. The van der Waals surface area contributed by atoms with Crippen molar-refractivity contribution in [2.75, 3.05) is 0 Å². The Morgan fingerprint density at radius 1 is 1.38 bits per heavy atom. The standard InChI is InChI=1S/C12H10ClNO2/c1-7(15)4-9-6-12(16)10-5-8(13)2-3-11(10)14-9/h2-3,5-6H,4H2,1H3,(H,14,16). The van der Waals surface area contributed by atoms with Crippen molar-refractivity contribution in [1.82, 2.24) is 4.98 Å². The molecule has 0 amide bonds. The summed E-state index contributed by atoms with van der Waals surface area (Å²) in [6.07, 6.45) is 0.244. The van der Waals surface area contributed by atoms with Gasteiger partial charge in [0.25, 0.3) is 0 Å². The molecule has 3 nitrogen and oxygen atoms in total. The Labute approximate surface area is 97.1 Å². The predicted molar refractivity (Wildman–Crippen MR) is 64.0 cm³/mol. The molecule has 0 aliphatic heterocycles. The van der Waals surface area contributed by atoms with E-state index in [2.05, 4.69) is 4.98 Å². The zero-order valence-corrected chi connectivity index (χ0v) is 9.47. The molecule has 0 spiro atoms. The fourth-order valence-electron chi connectivity index (χ4n) is 1.64. The Bertz CT molecular complexity index is 616. The molecule has 0 aliphatic carbocycles. The minimum absolute atomic E-state index is 0.0176. The number of pyridine rings is 1. The van der Waals surface area contributed by atoms with Crippen molar-refractivity contribution in [3.8, 4) is 0 Å². The highest BCUT2D eigenvalue weighted by Crippen LogP contribution is 2.15. The summed E-state index contributed by atoms with van der Waals surface area (Å²) in [5, 5.41) is 1.07. The molecule has 0 fully saturated rings. The largest absolute Gasteiger partial charge is 0.358 e. The molecule has 0 saturated carbocycles. The van der Waals surface area contributed by atoms with Gasteiger partial charge in [-0.15, -0.1) is 0 Å². The van der Waals surface area contributed by atoms with Gasteiger partial charge >= 0.3 is 0 Å². The smallest absolute Gasteiger partial charge is 0.189 e. The maximum absolute atomic E-state index is 11.7. The first-order valence-electron chi connectivity index (χ1n) is 4.87. The van der Waals surface area contributed by atoms with Gasteiger partial charge < -0.3 is 4.98 Å². The maximum atomic E-state index is 11.7. The van der Waals surface area contributed by atoms with Crippen LogP contribution in [0.2, 0.25) is 5.02 Å². The summed E-state index contributed by atoms with van der Waals surface area (Å²) in [7, 11) is 0. The number of aromatic amines is 1. The van der Waals surface area contributed by atoms with Crippen LogP contribution in [-0.2, 0) is 11.2 Å². The van der Waals surface area contributed by atoms with Crippen LogP contribution in [0, 0.1) is 0 Å². The van der Waals surface area contributed by atoms with E-state index in [1.807, 2.05) is 0 Å². The lowest BCUT2D eigenvalue weighted by Crippen LogP contribution is -2.07. The average Bonchev–Trinajstić information content (AvgIpc) is 2.18. The molecule has 0 saturated heterocycles. The van der Waals surface area contributed by atoms with Crippen LogP contribution >= 0.6 is 11.6 Å². The average molecular weight is 236 g/mol. The molecule has 82 valence electrons. The first-order chi connectivity index (χ1) is 7.56. The molecule has 2 aromatic rings. The van der Waals surface area contributed by atoms with Crippen LogP contribution in [0.25, 0.3) is 10.9 Å².